The Balaban J connectivity index is 3.21. The second-order valence-electron chi connectivity index (χ2n) is 2.65. The highest BCUT2D eigenvalue weighted by molar-refractivity contribution is 7.89. The first-order valence-electron chi connectivity index (χ1n) is 3.87. The lowest BCUT2D eigenvalue weighted by molar-refractivity contribution is 0.591. The molecule has 0 spiro atoms. The second-order valence-corrected chi connectivity index (χ2v) is 4.52. The highest BCUT2D eigenvalue weighted by Gasteiger charge is 2.10. The lowest BCUT2D eigenvalue weighted by Gasteiger charge is -1.99. The molecule has 0 saturated carbocycles. The van der Waals surface area contributed by atoms with Gasteiger partial charge in [-0.2, -0.15) is 12.6 Å². The van der Waals surface area contributed by atoms with Gasteiger partial charge >= 0.3 is 0 Å². The number of thiol groups is 1. The first-order valence-corrected chi connectivity index (χ1v) is 6.05. The maximum Gasteiger partial charge on any atom is 0.238 e. The number of benzene rings is 1. The van der Waals surface area contributed by atoms with Gasteiger partial charge in [0, 0.05) is 0 Å². The summed E-state index contributed by atoms with van der Waals surface area (Å²) in [4.78, 5) is -0.267. The van der Waals surface area contributed by atoms with E-state index in [1.165, 1.54) is 12.1 Å². The van der Waals surface area contributed by atoms with Gasteiger partial charge in [0.2, 0.25) is 10.0 Å². The predicted octanol–water partition coefficient (Wildman–Crippen LogP) is 0.754. The van der Waals surface area contributed by atoms with Gasteiger partial charge < -0.3 is 0 Å². The van der Waals surface area contributed by atoms with Crippen LogP contribution < -0.4 is 5.14 Å². The molecule has 0 aliphatic rings. The first-order chi connectivity index (χ1) is 6.95. The molecule has 0 unspecified atom stereocenters. The van der Waals surface area contributed by atoms with Crippen LogP contribution in [0.3, 0.4) is 0 Å². The highest BCUT2D eigenvalue weighted by Crippen LogP contribution is 2.12. The van der Waals surface area contributed by atoms with E-state index in [2.05, 4.69) is 24.5 Å². The van der Waals surface area contributed by atoms with E-state index in [1.54, 1.807) is 0 Å². The van der Waals surface area contributed by atoms with E-state index in [0.29, 0.717) is 5.75 Å². The molecule has 0 aliphatic heterocycles. The van der Waals surface area contributed by atoms with Gasteiger partial charge in [0.15, 0.2) is 0 Å². The number of hydrogen-bond donors (Lipinski definition) is 2. The van der Waals surface area contributed by atoms with Gasteiger partial charge in [0.25, 0.3) is 0 Å². The monoisotopic (exact) mass is 245 g/mol. The molecule has 0 fully saturated rings. The Kier molecular flexibility index (Phi) is 3.74. The predicted molar refractivity (Wildman–Crippen MR) is 58.5 cm³/mol. The van der Waals surface area contributed by atoms with E-state index >= 15 is 0 Å². The molecular weight excluding hydrogens is 237 g/mol. The minimum Gasteiger partial charge on any atom is -0.225 e. The number of sulfonamides is 1. The van der Waals surface area contributed by atoms with E-state index in [-0.39, 0.29) is 10.5 Å². The lowest BCUT2D eigenvalue weighted by atomic mass is 10.2. The fourth-order valence-corrected chi connectivity index (χ4v) is 1.51. The van der Waals surface area contributed by atoms with Crippen molar-refractivity contribution in [3.05, 3.63) is 29.6 Å². The maximum atomic E-state index is 13.3. The summed E-state index contributed by atoms with van der Waals surface area (Å²) in [5.74, 6) is 4.65. The molecular formula is C9H8FNO2S2. The normalized spacial score (nSPS) is 10.6. The van der Waals surface area contributed by atoms with Gasteiger partial charge in [0.05, 0.1) is 16.2 Å². The van der Waals surface area contributed by atoms with Crippen molar-refractivity contribution < 1.29 is 12.8 Å². The van der Waals surface area contributed by atoms with Crippen LogP contribution in [0.2, 0.25) is 0 Å². The topological polar surface area (TPSA) is 60.2 Å². The van der Waals surface area contributed by atoms with Crippen LogP contribution in [0.1, 0.15) is 5.56 Å². The SMILES string of the molecule is NS(=O)(=O)c1ccc(C#CCS)c(F)c1. The number of hydrogen-bond acceptors (Lipinski definition) is 3. The largest absolute Gasteiger partial charge is 0.238 e. The molecule has 15 heavy (non-hydrogen) atoms. The third kappa shape index (κ3) is 3.23. The van der Waals surface area contributed by atoms with Gasteiger partial charge in [-0.15, -0.1) is 0 Å². The average molecular weight is 245 g/mol. The van der Waals surface area contributed by atoms with E-state index < -0.39 is 15.8 Å². The molecule has 80 valence electrons. The van der Waals surface area contributed by atoms with Crippen molar-refractivity contribution in [2.24, 2.45) is 5.14 Å². The summed E-state index contributed by atoms with van der Waals surface area (Å²) < 4.78 is 35.0. The van der Waals surface area contributed by atoms with Crippen LogP contribution >= 0.6 is 12.6 Å². The lowest BCUT2D eigenvalue weighted by Crippen LogP contribution is -2.12. The fraction of sp³-hybridized carbons (Fsp3) is 0.111. The molecule has 3 nitrogen and oxygen atoms in total. The molecule has 0 amide bonds. The zero-order valence-corrected chi connectivity index (χ0v) is 9.28. The molecule has 2 N–H and O–H groups in total. The molecule has 0 aromatic heterocycles. The number of nitrogens with two attached hydrogens (primary N) is 1. The molecule has 0 heterocycles. The molecule has 0 atom stereocenters. The quantitative estimate of drug-likeness (QED) is 0.566. The minimum atomic E-state index is -3.87. The third-order valence-corrected chi connectivity index (χ3v) is 2.64. The average Bonchev–Trinajstić information content (AvgIpc) is 2.14. The van der Waals surface area contributed by atoms with Gasteiger partial charge in [-0.1, -0.05) is 11.8 Å². The standard InChI is InChI=1S/C9H8FNO2S2/c10-9-6-8(15(11,12)13)4-3-7(9)2-1-5-14/h3-4,6,14H,5H2,(H2,11,12,13). The fourth-order valence-electron chi connectivity index (χ4n) is 0.909. The minimum absolute atomic E-state index is 0.122. The van der Waals surface area contributed by atoms with Crippen molar-refractivity contribution >= 4 is 22.7 Å². The van der Waals surface area contributed by atoms with Gasteiger partial charge in [0.1, 0.15) is 5.82 Å². The summed E-state index contributed by atoms with van der Waals surface area (Å²) >= 11 is 3.84. The Labute approximate surface area is 92.9 Å². The Bertz CT molecular complexity index is 529. The number of rotatable bonds is 1. The second kappa shape index (κ2) is 4.66. The summed E-state index contributed by atoms with van der Waals surface area (Å²) in [5.41, 5.74) is 0.122. The zero-order chi connectivity index (χ0) is 11.5. The number of halogens is 1. The third-order valence-electron chi connectivity index (χ3n) is 1.57. The van der Waals surface area contributed by atoms with E-state index in [0.717, 1.165) is 6.07 Å². The molecule has 1 aromatic carbocycles. The Morgan fingerprint density at radius 2 is 2.13 bits per heavy atom. The maximum absolute atomic E-state index is 13.3. The van der Waals surface area contributed by atoms with Gasteiger partial charge in [-0.3, -0.25) is 0 Å². The highest BCUT2D eigenvalue weighted by atomic mass is 32.2. The summed E-state index contributed by atoms with van der Waals surface area (Å²) in [5, 5.41) is 4.83. The van der Waals surface area contributed by atoms with Crippen LogP contribution in [0.5, 0.6) is 0 Å². The van der Waals surface area contributed by atoms with Crippen molar-refractivity contribution in [1.29, 1.82) is 0 Å². The van der Waals surface area contributed by atoms with E-state index in [9.17, 15) is 12.8 Å². The summed E-state index contributed by atoms with van der Waals surface area (Å²) in [6.07, 6.45) is 0. The Hall–Kier alpha value is -1.03. The molecule has 1 rings (SSSR count). The Morgan fingerprint density at radius 3 is 2.60 bits per heavy atom. The molecule has 1 aromatic rings. The molecule has 0 bridgehead atoms. The summed E-state index contributed by atoms with van der Waals surface area (Å²) in [6, 6.07) is 3.32. The van der Waals surface area contributed by atoms with Crippen LogP contribution in [0.15, 0.2) is 23.1 Å². The van der Waals surface area contributed by atoms with Crippen molar-refractivity contribution in [1.82, 2.24) is 0 Å². The first kappa shape index (κ1) is 12.0. The van der Waals surface area contributed by atoms with E-state index in [1.807, 2.05) is 0 Å². The molecule has 6 heteroatoms. The van der Waals surface area contributed by atoms with Crippen LogP contribution in [-0.4, -0.2) is 14.2 Å². The number of primary sulfonamides is 1. The smallest absolute Gasteiger partial charge is 0.225 e. The van der Waals surface area contributed by atoms with Crippen LogP contribution in [0, 0.1) is 17.7 Å². The summed E-state index contributed by atoms with van der Waals surface area (Å²) in [6.45, 7) is 0. The van der Waals surface area contributed by atoms with Crippen molar-refractivity contribution in [3.8, 4) is 11.8 Å². The molecule has 0 aliphatic carbocycles. The Morgan fingerprint density at radius 1 is 1.47 bits per heavy atom. The van der Waals surface area contributed by atoms with Crippen LogP contribution in [-0.2, 0) is 10.0 Å². The van der Waals surface area contributed by atoms with E-state index in [4.69, 9.17) is 5.14 Å². The van der Waals surface area contributed by atoms with Crippen molar-refractivity contribution in [2.75, 3.05) is 5.75 Å². The summed E-state index contributed by atoms with van der Waals surface area (Å²) in [7, 11) is -3.87. The van der Waals surface area contributed by atoms with Gasteiger partial charge in [-0.25, -0.2) is 17.9 Å². The van der Waals surface area contributed by atoms with Gasteiger partial charge in [-0.05, 0) is 18.2 Å². The molecule has 0 saturated heterocycles. The van der Waals surface area contributed by atoms with Crippen LogP contribution in [0.4, 0.5) is 4.39 Å². The van der Waals surface area contributed by atoms with Crippen molar-refractivity contribution in [2.45, 2.75) is 4.90 Å². The van der Waals surface area contributed by atoms with Crippen molar-refractivity contribution in [3.63, 3.8) is 0 Å². The molecule has 0 radical (unpaired) electrons. The zero-order valence-electron chi connectivity index (χ0n) is 7.57. The van der Waals surface area contributed by atoms with Crippen LogP contribution in [0.25, 0.3) is 0 Å².